The molecule has 0 bridgehead atoms. The highest BCUT2D eigenvalue weighted by Crippen LogP contribution is 2.23. The Labute approximate surface area is 145 Å². The maximum Gasteiger partial charge on any atom is 0.246 e. The van der Waals surface area contributed by atoms with Crippen molar-refractivity contribution in [2.24, 2.45) is 0 Å². The Morgan fingerprint density at radius 2 is 1.96 bits per heavy atom. The molecule has 0 spiro atoms. The zero-order chi connectivity index (χ0) is 17.1. The smallest absolute Gasteiger partial charge is 0.246 e. The number of pyridine rings is 1. The number of rotatable bonds is 5. The van der Waals surface area contributed by atoms with Gasteiger partial charge in [-0.1, -0.05) is 42.4 Å². The summed E-state index contributed by atoms with van der Waals surface area (Å²) in [5, 5.41) is 4.04. The van der Waals surface area contributed by atoms with Crippen LogP contribution in [0.2, 0.25) is 0 Å². The zero-order valence-corrected chi connectivity index (χ0v) is 13.8. The van der Waals surface area contributed by atoms with Crippen molar-refractivity contribution in [1.82, 2.24) is 24.7 Å². The fourth-order valence-electron chi connectivity index (χ4n) is 2.80. The van der Waals surface area contributed by atoms with E-state index < -0.39 is 0 Å². The Hall–Kier alpha value is -3.28. The van der Waals surface area contributed by atoms with E-state index in [-0.39, 0.29) is 5.92 Å². The standard InChI is InChI=1S/C19H17N5O/c1-14(15-6-3-2-4-7-15)19-21-10-11-24(19)13-17-22-18(23-25-17)16-8-5-9-20-12-16/h2-12,14H,13H2,1H3/t14-/m1/s1. The molecule has 0 unspecified atom stereocenters. The second kappa shape index (κ2) is 6.68. The van der Waals surface area contributed by atoms with E-state index in [1.807, 2.05) is 41.1 Å². The van der Waals surface area contributed by atoms with Crippen LogP contribution in [-0.4, -0.2) is 24.7 Å². The first-order chi connectivity index (χ1) is 12.3. The van der Waals surface area contributed by atoms with Crippen LogP contribution in [0.25, 0.3) is 11.4 Å². The van der Waals surface area contributed by atoms with Crippen molar-refractivity contribution in [3.8, 4) is 11.4 Å². The Bertz CT molecular complexity index is 946. The van der Waals surface area contributed by atoms with Crippen LogP contribution >= 0.6 is 0 Å². The molecule has 6 heteroatoms. The Morgan fingerprint density at radius 3 is 2.76 bits per heavy atom. The molecule has 1 atom stereocenters. The van der Waals surface area contributed by atoms with Crippen molar-refractivity contribution in [2.75, 3.05) is 0 Å². The molecule has 0 saturated heterocycles. The molecule has 3 aromatic heterocycles. The number of benzene rings is 1. The van der Waals surface area contributed by atoms with Crippen molar-refractivity contribution in [3.63, 3.8) is 0 Å². The fraction of sp³-hybridized carbons (Fsp3) is 0.158. The number of aromatic nitrogens is 5. The molecule has 25 heavy (non-hydrogen) atoms. The SMILES string of the molecule is C[C@H](c1ccccc1)c1nccn1Cc1nc(-c2cccnc2)no1. The van der Waals surface area contributed by atoms with Gasteiger partial charge in [-0.2, -0.15) is 4.98 Å². The van der Waals surface area contributed by atoms with Gasteiger partial charge in [-0.25, -0.2) is 4.98 Å². The van der Waals surface area contributed by atoms with Gasteiger partial charge in [0.15, 0.2) is 0 Å². The maximum absolute atomic E-state index is 5.40. The van der Waals surface area contributed by atoms with Crippen LogP contribution in [0.4, 0.5) is 0 Å². The summed E-state index contributed by atoms with van der Waals surface area (Å²) in [6.07, 6.45) is 7.16. The van der Waals surface area contributed by atoms with Crippen molar-refractivity contribution < 1.29 is 4.52 Å². The molecular formula is C19H17N5O. The molecule has 4 aromatic rings. The van der Waals surface area contributed by atoms with Crippen LogP contribution in [-0.2, 0) is 6.54 Å². The highest BCUT2D eigenvalue weighted by atomic mass is 16.5. The lowest BCUT2D eigenvalue weighted by atomic mass is 10.0. The van der Waals surface area contributed by atoms with E-state index >= 15 is 0 Å². The van der Waals surface area contributed by atoms with Gasteiger partial charge in [0.2, 0.25) is 11.7 Å². The van der Waals surface area contributed by atoms with Gasteiger partial charge in [-0.05, 0) is 17.7 Å². The second-order valence-electron chi connectivity index (χ2n) is 5.80. The van der Waals surface area contributed by atoms with E-state index in [0.717, 1.165) is 11.4 Å². The molecule has 0 fully saturated rings. The normalized spacial score (nSPS) is 12.2. The van der Waals surface area contributed by atoms with E-state index in [1.54, 1.807) is 18.6 Å². The van der Waals surface area contributed by atoms with Crippen molar-refractivity contribution in [2.45, 2.75) is 19.4 Å². The first-order valence-electron chi connectivity index (χ1n) is 8.10. The molecule has 4 rings (SSSR count). The van der Waals surface area contributed by atoms with Gasteiger partial charge in [0.1, 0.15) is 12.4 Å². The van der Waals surface area contributed by atoms with Crippen LogP contribution in [0.3, 0.4) is 0 Å². The van der Waals surface area contributed by atoms with Crippen molar-refractivity contribution >= 4 is 0 Å². The molecule has 0 aliphatic heterocycles. The van der Waals surface area contributed by atoms with Crippen LogP contribution < -0.4 is 0 Å². The summed E-state index contributed by atoms with van der Waals surface area (Å²) >= 11 is 0. The van der Waals surface area contributed by atoms with Gasteiger partial charge < -0.3 is 9.09 Å². The molecular weight excluding hydrogens is 314 g/mol. The summed E-state index contributed by atoms with van der Waals surface area (Å²) in [4.78, 5) is 13.1. The summed E-state index contributed by atoms with van der Waals surface area (Å²) < 4.78 is 7.44. The summed E-state index contributed by atoms with van der Waals surface area (Å²) in [6.45, 7) is 2.63. The highest BCUT2D eigenvalue weighted by Gasteiger charge is 2.16. The number of imidazole rings is 1. The van der Waals surface area contributed by atoms with Gasteiger partial charge in [-0.15, -0.1) is 0 Å². The Kier molecular flexibility index (Phi) is 4.08. The zero-order valence-electron chi connectivity index (χ0n) is 13.8. The third-order valence-corrected chi connectivity index (χ3v) is 4.13. The third kappa shape index (κ3) is 3.19. The van der Waals surface area contributed by atoms with E-state index in [4.69, 9.17) is 4.52 Å². The van der Waals surface area contributed by atoms with Crippen LogP contribution in [0, 0.1) is 0 Å². The summed E-state index contributed by atoms with van der Waals surface area (Å²) in [5.41, 5.74) is 2.05. The minimum absolute atomic E-state index is 0.178. The maximum atomic E-state index is 5.40. The molecule has 0 aliphatic carbocycles. The van der Waals surface area contributed by atoms with Gasteiger partial charge in [0.25, 0.3) is 0 Å². The topological polar surface area (TPSA) is 69.6 Å². The van der Waals surface area contributed by atoms with Gasteiger partial charge in [-0.3, -0.25) is 4.98 Å². The van der Waals surface area contributed by atoms with Crippen molar-refractivity contribution in [1.29, 1.82) is 0 Å². The van der Waals surface area contributed by atoms with Crippen LogP contribution in [0.5, 0.6) is 0 Å². The van der Waals surface area contributed by atoms with Crippen LogP contribution in [0.1, 0.15) is 30.1 Å². The highest BCUT2D eigenvalue weighted by molar-refractivity contribution is 5.51. The predicted molar refractivity (Wildman–Crippen MR) is 92.8 cm³/mol. The van der Waals surface area contributed by atoms with Crippen molar-refractivity contribution in [3.05, 3.63) is 84.5 Å². The van der Waals surface area contributed by atoms with Gasteiger partial charge in [0, 0.05) is 36.3 Å². The third-order valence-electron chi connectivity index (χ3n) is 4.13. The summed E-state index contributed by atoms with van der Waals surface area (Å²) in [6, 6.07) is 14.1. The minimum atomic E-state index is 0.178. The molecule has 0 aliphatic rings. The molecule has 1 aromatic carbocycles. The minimum Gasteiger partial charge on any atom is -0.337 e. The average Bonchev–Trinajstić information content (AvgIpc) is 3.33. The quantitative estimate of drug-likeness (QED) is 0.559. The lowest BCUT2D eigenvalue weighted by Crippen LogP contribution is -2.09. The molecule has 6 nitrogen and oxygen atoms in total. The predicted octanol–water partition coefficient (Wildman–Crippen LogP) is 3.53. The van der Waals surface area contributed by atoms with E-state index in [2.05, 4.69) is 39.2 Å². The molecule has 3 heterocycles. The van der Waals surface area contributed by atoms with Crippen LogP contribution in [0.15, 0.2) is 71.8 Å². The van der Waals surface area contributed by atoms with E-state index in [0.29, 0.717) is 18.3 Å². The molecule has 0 amide bonds. The lowest BCUT2D eigenvalue weighted by Gasteiger charge is -2.13. The van der Waals surface area contributed by atoms with Gasteiger partial charge in [0.05, 0.1) is 0 Å². The largest absolute Gasteiger partial charge is 0.337 e. The summed E-state index contributed by atoms with van der Waals surface area (Å²) in [7, 11) is 0. The average molecular weight is 331 g/mol. The fourth-order valence-corrected chi connectivity index (χ4v) is 2.80. The lowest BCUT2D eigenvalue weighted by molar-refractivity contribution is 0.369. The number of hydrogen-bond acceptors (Lipinski definition) is 5. The Morgan fingerprint density at radius 1 is 1.08 bits per heavy atom. The van der Waals surface area contributed by atoms with E-state index in [9.17, 15) is 0 Å². The first kappa shape index (κ1) is 15.3. The first-order valence-corrected chi connectivity index (χ1v) is 8.10. The van der Waals surface area contributed by atoms with Gasteiger partial charge >= 0.3 is 0 Å². The molecule has 124 valence electrons. The Balaban J connectivity index is 1.57. The summed E-state index contributed by atoms with van der Waals surface area (Å²) in [5.74, 6) is 2.23. The second-order valence-corrected chi connectivity index (χ2v) is 5.80. The number of nitrogens with zero attached hydrogens (tertiary/aromatic N) is 5. The molecule has 0 N–H and O–H groups in total. The number of hydrogen-bond donors (Lipinski definition) is 0. The monoisotopic (exact) mass is 331 g/mol. The van der Waals surface area contributed by atoms with E-state index in [1.165, 1.54) is 5.56 Å². The molecule has 0 radical (unpaired) electrons. The molecule has 0 saturated carbocycles.